The summed E-state index contributed by atoms with van der Waals surface area (Å²) in [5, 5.41) is 9.12. The lowest BCUT2D eigenvalue weighted by Crippen LogP contribution is -2.27. The van der Waals surface area contributed by atoms with Gasteiger partial charge in [0.1, 0.15) is 11.9 Å². The van der Waals surface area contributed by atoms with Gasteiger partial charge in [0.2, 0.25) is 0 Å². The van der Waals surface area contributed by atoms with E-state index in [1.54, 1.807) is 0 Å². The fourth-order valence-corrected chi connectivity index (χ4v) is 2.47. The molecule has 98 valence electrons. The average molecular weight is 248 g/mol. The molecular formula is C15H20O3. The number of carbonyl (C=O) groups is 1. The Morgan fingerprint density at radius 1 is 1.39 bits per heavy atom. The van der Waals surface area contributed by atoms with Crippen molar-refractivity contribution in [1.29, 1.82) is 0 Å². The topological polar surface area (TPSA) is 46.5 Å². The van der Waals surface area contributed by atoms with E-state index in [1.165, 1.54) is 5.56 Å². The molecule has 2 atom stereocenters. The molecule has 3 nitrogen and oxygen atoms in total. The van der Waals surface area contributed by atoms with E-state index in [0.717, 1.165) is 25.0 Å². The largest absolute Gasteiger partial charge is 0.490 e. The van der Waals surface area contributed by atoms with Gasteiger partial charge < -0.3 is 9.84 Å². The molecule has 1 aliphatic carbocycles. The molecule has 0 amide bonds. The molecule has 0 heterocycles. The van der Waals surface area contributed by atoms with Crippen LogP contribution < -0.4 is 4.74 Å². The second-order valence-corrected chi connectivity index (χ2v) is 5.26. The van der Waals surface area contributed by atoms with Crippen LogP contribution in [-0.4, -0.2) is 17.2 Å². The molecule has 1 aromatic carbocycles. The van der Waals surface area contributed by atoms with Crippen LogP contribution >= 0.6 is 0 Å². The van der Waals surface area contributed by atoms with Gasteiger partial charge in [-0.1, -0.05) is 26.0 Å². The summed E-state index contributed by atoms with van der Waals surface area (Å²) in [6.07, 6.45) is 2.32. The number of rotatable bonds is 4. The van der Waals surface area contributed by atoms with Gasteiger partial charge in [0.05, 0.1) is 5.92 Å². The van der Waals surface area contributed by atoms with Crippen LogP contribution in [0.1, 0.15) is 44.6 Å². The SMILES string of the molecule is CC(C)c1cccc(OC2CCCC2C(=O)O)c1. The number of hydrogen-bond donors (Lipinski definition) is 1. The van der Waals surface area contributed by atoms with Gasteiger partial charge in [0.25, 0.3) is 0 Å². The standard InChI is InChI=1S/C15H20O3/c1-10(2)11-5-3-6-12(9-11)18-14-8-4-7-13(14)15(16)17/h3,5-6,9-10,13-14H,4,7-8H2,1-2H3,(H,16,17). The first-order valence-electron chi connectivity index (χ1n) is 6.57. The lowest BCUT2D eigenvalue weighted by molar-refractivity contribution is -0.143. The van der Waals surface area contributed by atoms with Crippen molar-refractivity contribution < 1.29 is 14.6 Å². The third-order valence-electron chi connectivity index (χ3n) is 3.58. The number of carboxylic acid groups (broad SMARTS) is 1. The Hall–Kier alpha value is -1.51. The van der Waals surface area contributed by atoms with Gasteiger partial charge in [-0.15, -0.1) is 0 Å². The van der Waals surface area contributed by atoms with E-state index < -0.39 is 5.97 Å². The van der Waals surface area contributed by atoms with Crippen LogP contribution in [0.5, 0.6) is 5.75 Å². The minimum absolute atomic E-state index is 0.176. The summed E-state index contributed by atoms with van der Waals surface area (Å²) in [4.78, 5) is 11.1. The molecule has 0 radical (unpaired) electrons. The van der Waals surface area contributed by atoms with Gasteiger partial charge in [-0.2, -0.15) is 0 Å². The molecule has 1 saturated carbocycles. The fraction of sp³-hybridized carbons (Fsp3) is 0.533. The van der Waals surface area contributed by atoms with Gasteiger partial charge in [-0.05, 0) is 42.9 Å². The van der Waals surface area contributed by atoms with Crippen molar-refractivity contribution in [3.63, 3.8) is 0 Å². The van der Waals surface area contributed by atoms with Crippen molar-refractivity contribution >= 4 is 5.97 Å². The zero-order valence-electron chi connectivity index (χ0n) is 10.9. The minimum Gasteiger partial charge on any atom is -0.490 e. The first kappa shape index (κ1) is 12.9. The smallest absolute Gasteiger partial charge is 0.310 e. The summed E-state index contributed by atoms with van der Waals surface area (Å²) >= 11 is 0. The van der Waals surface area contributed by atoms with Gasteiger partial charge >= 0.3 is 5.97 Å². The maximum Gasteiger partial charge on any atom is 0.310 e. The van der Waals surface area contributed by atoms with Crippen LogP contribution in [0, 0.1) is 5.92 Å². The van der Waals surface area contributed by atoms with Crippen LogP contribution in [0.15, 0.2) is 24.3 Å². The maximum absolute atomic E-state index is 11.1. The second-order valence-electron chi connectivity index (χ2n) is 5.26. The van der Waals surface area contributed by atoms with E-state index >= 15 is 0 Å². The van der Waals surface area contributed by atoms with Crippen molar-refractivity contribution in [2.75, 3.05) is 0 Å². The number of carboxylic acids is 1. The maximum atomic E-state index is 11.1. The number of aliphatic carboxylic acids is 1. The van der Waals surface area contributed by atoms with Crippen LogP contribution in [0.3, 0.4) is 0 Å². The van der Waals surface area contributed by atoms with Gasteiger partial charge in [-0.25, -0.2) is 0 Å². The molecule has 2 unspecified atom stereocenters. The average Bonchev–Trinajstić information content (AvgIpc) is 2.77. The Labute approximate surface area is 108 Å². The number of hydrogen-bond acceptors (Lipinski definition) is 2. The van der Waals surface area contributed by atoms with Crippen LogP contribution in [0.2, 0.25) is 0 Å². The number of ether oxygens (including phenoxy) is 1. The van der Waals surface area contributed by atoms with Crippen LogP contribution in [0.4, 0.5) is 0 Å². The molecule has 18 heavy (non-hydrogen) atoms. The van der Waals surface area contributed by atoms with Crippen molar-refractivity contribution in [2.45, 2.75) is 45.1 Å². The molecule has 2 rings (SSSR count). The Morgan fingerprint density at radius 3 is 2.83 bits per heavy atom. The molecular weight excluding hydrogens is 228 g/mol. The van der Waals surface area contributed by atoms with E-state index in [1.807, 2.05) is 18.2 Å². The Balaban J connectivity index is 2.09. The van der Waals surface area contributed by atoms with Gasteiger partial charge in [-0.3, -0.25) is 4.79 Å². The molecule has 1 N–H and O–H groups in total. The van der Waals surface area contributed by atoms with Crippen molar-refractivity contribution in [3.8, 4) is 5.75 Å². The fourth-order valence-electron chi connectivity index (χ4n) is 2.47. The highest BCUT2D eigenvalue weighted by atomic mass is 16.5. The first-order valence-corrected chi connectivity index (χ1v) is 6.57. The van der Waals surface area contributed by atoms with E-state index in [2.05, 4.69) is 19.9 Å². The van der Waals surface area contributed by atoms with Gasteiger partial charge in [0.15, 0.2) is 0 Å². The molecule has 0 spiro atoms. The first-order chi connectivity index (χ1) is 8.58. The third kappa shape index (κ3) is 2.84. The van der Waals surface area contributed by atoms with Gasteiger partial charge in [0, 0.05) is 0 Å². The van der Waals surface area contributed by atoms with Crippen molar-refractivity contribution in [2.24, 2.45) is 5.92 Å². The van der Waals surface area contributed by atoms with E-state index in [0.29, 0.717) is 5.92 Å². The van der Waals surface area contributed by atoms with Crippen LogP contribution in [0.25, 0.3) is 0 Å². The summed E-state index contributed by atoms with van der Waals surface area (Å²) < 4.78 is 5.86. The van der Waals surface area contributed by atoms with Crippen molar-refractivity contribution in [3.05, 3.63) is 29.8 Å². The van der Waals surface area contributed by atoms with E-state index in [9.17, 15) is 4.79 Å². The predicted octanol–water partition coefficient (Wildman–Crippen LogP) is 3.44. The molecule has 0 aromatic heterocycles. The molecule has 1 fully saturated rings. The zero-order chi connectivity index (χ0) is 13.1. The summed E-state index contributed by atoms with van der Waals surface area (Å²) in [6, 6.07) is 7.96. The summed E-state index contributed by atoms with van der Waals surface area (Å²) in [5.41, 5.74) is 1.22. The monoisotopic (exact) mass is 248 g/mol. The van der Waals surface area contributed by atoms with Crippen molar-refractivity contribution in [1.82, 2.24) is 0 Å². The number of benzene rings is 1. The lowest BCUT2D eigenvalue weighted by atomic mass is 10.0. The molecule has 3 heteroatoms. The highest BCUT2D eigenvalue weighted by Gasteiger charge is 2.34. The third-order valence-corrected chi connectivity index (χ3v) is 3.58. The Morgan fingerprint density at radius 2 is 2.17 bits per heavy atom. The molecule has 1 aliphatic rings. The molecule has 0 saturated heterocycles. The Kier molecular flexibility index (Phi) is 3.90. The summed E-state index contributed by atoms with van der Waals surface area (Å²) in [5.74, 6) is 0.150. The Bertz CT molecular complexity index is 426. The quantitative estimate of drug-likeness (QED) is 0.887. The highest BCUT2D eigenvalue weighted by molar-refractivity contribution is 5.71. The molecule has 0 bridgehead atoms. The predicted molar refractivity (Wildman–Crippen MR) is 69.9 cm³/mol. The van der Waals surface area contributed by atoms with E-state index in [-0.39, 0.29) is 12.0 Å². The minimum atomic E-state index is -0.738. The van der Waals surface area contributed by atoms with E-state index in [4.69, 9.17) is 9.84 Å². The molecule has 0 aliphatic heterocycles. The second kappa shape index (κ2) is 5.42. The summed E-state index contributed by atoms with van der Waals surface area (Å²) in [6.45, 7) is 4.27. The molecule has 1 aromatic rings. The summed E-state index contributed by atoms with van der Waals surface area (Å²) in [7, 11) is 0. The van der Waals surface area contributed by atoms with Crippen LogP contribution in [-0.2, 0) is 4.79 Å². The zero-order valence-corrected chi connectivity index (χ0v) is 10.9. The normalized spacial score (nSPS) is 23.3. The highest BCUT2D eigenvalue weighted by Crippen LogP contribution is 2.31. The lowest BCUT2D eigenvalue weighted by Gasteiger charge is -2.19.